The Morgan fingerprint density at radius 2 is 1.88 bits per heavy atom. The van der Waals surface area contributed by atoms with Crippen molar-refractivity contribution >= 4 is 45.0 Å². The number of hydrogen-bond donors (Lipinski definition) is 1. The molecule has 0 bridgehead atoms. The maximum absolute atomic E-state index is 12.7. The van der Waals surface area contributed by atoms with Gasteiger partial charge in [-0.05, 0) is 17.7 Å². The molecule has 1 aliphatic heterocycles. The van der Waals surface area contributed by atoms with E-state index in [-0.39, 0.29) is 27.4 Å². The van der Waals surface area contributed by atoms with Gasteiger partial charge in [-0.15, -0.1) is 0 Å². The van der Waals surface area contributed by atoms with Gasteiger partial charge in [-0.1, -0.05) is 59.6 Å². The van der Waals surface area contributed by atoms with Crippen LogP contribution in [0.15, 0.2) is 64.5 Å². The molecule has 1 aliphatic rings. The van der Waals surface area contributed by atoms with E-state index in [2.05, 4.69) is 10.3 Å². The van der Waals surface area contributed by atoms with E-state index in [9.17, 15) is 13.2 Å². The minimum atomic E-state index is -3.84. The number of carbonyl (C=O) groups is 1. The number of likely N-dealkylation sites (N-methyl/N-ethyl adjacent to an activating group) is 2. The second-order valence-corrected chi connectivity index (χ2v) is 10.1. The molecule has 0 saturated heterocycles. The topological polar surface area (TPSA) is 82.1 Å². The molecule has 2 aromatic carbocycles. The van der Waals surface area contributed by atoms with Crippen molar-refractivity contribution in [1.82, 2.24) is 14.5 Å². The number of halogens is 2. The molecule has 0 atom stereocenters. The van der Waals surface area contributed by atoms with Crippen LogP contribution in [-0.2, 0) is 21.4 Å². The van der Waals surface area contributed by atoms with E-state index in [1.165, 1.54) is 37.4 Å². The zero-order valence-corrected chi connectivity index (χ0v) is 20.1. The standard InChI is InChI=1S/C22H24Cl2N4O3S/c1-27(15-16-8-10-17(11-9-16)22-25-12-13-26-22)20(29)7-4-14-28(2)32(30,31)19-6-3-5-18(23)21(19)24/h3-11H,12-15H2,1-2H3,(H,25,26)/b7-4+. The van der Waals surface area contributed by atoms with Crippen LogP contribution in [-0.4, -0.2) is 63.1 Å². The van der Waals surface area contributed by atoms with Crippen LogP contribution in [0.4, 0.5) is 0 Å². The lowest BCUT2D eigenvalue weighted by atomic mass is 10.1. The summed E-state index contributed by atoms with van der Waals surface area (Å²) in [5.74, 6) is 0.657. The molecule has 0 saturated carbocycles. The average Bonchev–Trinajstić information content (AvgIpc) is 3.30. The molecule has 0 aromatic heterocycles. The van der Waals surface area contributed by atoms with E-state index in [0.29, 0.717) is 6.54 Å². The predicted octanol–water partition coefficient (Wildman–Crippen LogP) is 3.18. The quantitative estimate of drug-likeness (QED) is 0.571. The molecule has 0 fully saturated rings. The van der Waals surface area contributed by atoms with Crippen LogP contribution >= 0.6 is 23.2 Å². The molecule has 2 aromatic rings. The summed E-state index contributed by atoms with van der Waals surface area (Å²) in [6.45, 7) is 2.07. The fourth-order valence-electron chi connectivity index (χ4n) is 3.09. The molecule has 0 radical (unpaired) electrons. The Balaban J connectivity index is 1.56. The van der Waals surface area contributed by atoms with Gasteiger partial charge in [-0.2, -0.15) is 4.31 Å². The first-order chi connectivity index (χ1) is 15.2. The number of rotatable bonds is 8. The van der Waals surface area contributed by atoms with Gasteiger partial charge in [-0.25, -0.2) is 8.42 Å². The maximum atomic E-state index is 12.7. The first-order valence-electron chi connectivity index (χ1n) is 9.90. The molecular formula is C22H24Cl2N4O3S. The van der Waals surface area contributed by atoms with Crippen molar-refractivity contribution in [3.8, 4) is 0 Å². The smallest absolute Gasteiger partial charge is 0.246 e. The van der Waals surface area contributed by atoms with Crippen molar-refractivity contribution in [3.63, 3.8) is 0 Å². The number of nitrogens with zero attached hydrogens (tertiary/aromatic N) is 3. The molecule has 10 heteroatoms. The molecule has 32 heavy (non-hydrogen) atoms. The minimum Gasteiger partial charge on any atom is -0.368 e. The number of benzene rings is 2. The van der Waals surface area contributed by atoms with E-state index in [1.54, 1.807) is 11.9 Å². The van der Waals surface area contributed by atoms with Crippen LogP contribution in [0.2, 0.25) is 10.0 Å². The molecule has 1 heterocycles. The van der Waals surface area contributed by atoms with Gasteiger partial charge in [0.15, 0.2) is 0 Å². The third-order valence-electron chi connectivity index (χ3n) is 4.92. The van der Waals surface area contributed by atoms with E-state index < -0.39 is 10.0 Å². The lowest BCUT2D eigenvalue weighted by Gasteiger charge is -2.17. The van der Waals surface area contributed by atoms with E-state index in [1.807, 2.05) is 24.3 Å². The Hall–Kier alpha value is -2.39. The molecule has 7 nitrogen and oxygen atoms in total. The van der Waals surface area contributed by atoms with Crippen LogP contribution in [0.3, 0.4) is 0 Å². The number of hydrogen-bond acceptors (Lipinski definition) is 5. The highest BCUT2D eigenvalue weighted by Crippen LogP contribution is 2.30. The highest BCUT2D eigenvalue weighted by atomic mass is 35.5. The van der Waals surface area contributed by atoms with Gasteiger partial charge in [0, 0.05) is 45.4 Å². The molecule has 1 N–H and O–H groups in total. The van der Waals surface area contributed by atoms with Gasteiger partial charge in [0.2, 0.25) is 15.9 Å². The van der Waals surface area contributed by atoms with Crippen LogP contribution < -0.4 is 5.32 Å². The lowest BCUT2D eigenvalue weighted by molar-refractivity contribution is -0.125. The van der Waals surface area contributed by atoms with Crippen molar-refractivity contribution in [2.75, 3.05) is 33.7 Å². The van der Waals surface area contributed by atoms with Crippen molar-refractivity contribution in [1.29, 1.82) is 0 Å². The van der Waals surface area contributed by atoms with Crippen LogP contribution in [0, 0.1) is 0 Å². The monoisotopic (exact) mass is 494 g/mol. The highest BCUT2D eigenvalue weighted by Gasteiger charge is 2.24. The Labute approximate surface area is 198 Å². The highest BCUT2D eigenvalue weighted by molar-refractivity contribution is 7.89. The summed E-state index contributed by atoms with van der Waals surface area (Å²) in [6, 6.07) is 12.3. The van der Waals surface area contributed by atoms with Gasteiger partial charge in [-0.3, -0.25) is 9.79 Å². The molecule has 3 rings (SSSR count). The Morgan fingerprint density at radius 3 is 2.53 bits per heavy atom. The van der Waals surface area contributed by atoms with Crippen LogP contribution in [0.5, 0.6) is 0 Å². The number of carbonyl (C=O) groups excluding carboxylic acids is 1. The summed E-state index contributed by atoms with van der Waals surface area (Å²) >= 11 is 12.0. The van der Waals surface area contributed by atoms with E-state index in [4.69, 9.17) is 23.2 Å². The van der Waals surface area contributed by atoms with E-state index >= 15 is 0 Å². The SMILES string of the molecule is CN(Cc1ccc(C2=NCCN2)cc1)C(=O)/C=C/CN(C)S(=O)(=O)c1cccc(Cl)c1Cl. The number of amidine groups is 1. The molecule has 0 spiro atoms. The molecule has 170 valence electrons. The average molecular weight is 495 g/mol. The van der Waals surface area contributed by atoms with Crippen molar-refractivity contribution in [3.05, 3.63) is 75.8 Å². The normalized spacial score (nSPS) is 14.0. The summed E-state index contributed by atoms with van der Waals surface area (Å²) in [4.78, 5) is 18.3. The van der Waals surface area contributed by atoms with Crippen molar-refractivity contribution in [2.24, 2.45) is 4.99 Å². The summed E-state index contributed by atoms with van der Waals surface area (Å²) in [5.41, 5.74) is 2.00. The number of amides is 1. The minimum absolute atomic E-state index is 0.00850. The van der Waals surface area contributed by atoms with Gasteiger partial charge < -0.3 is 10.2 Å². The van der Waals surface area contributed by atoms with Gasteiger partial charge in [0.05, 0.1) is 16.6 Å². The van der Waals surface area contributed by atoms with Crippen LogP contribution in [0.25, 0.3) is 0 Å². The number of aliphatic imine (C=N–C) groups is 1. The largest absolute Gasteiger partial charge is 0.368 e. The Kier molecular flexibility index (Phi) is 7.95. The first kappa shape index (κ1) is 24.3. The zero-order valence-electron chi connectivity index (χ0n) is 17.8. The molecule has 0 aliphatic carbocycles. The van der Waals surface area contributed by atoms with Crippen molar-refractivity contribution < 1.29 is 13.2 Å². The van der Waals surface area contributed by atoms with Crippen molar-refractivity contribution in [2.45, 2.75) is 11.4 Å². The molecular weight excluding hydrogens is 471 g/mol. The van der Waals surface area contributed by atoms with Gasteiger partial charge in [0.25, 0.3) is 0 Å². The zero-order chi connectivity index (χ0) is 23.3. The number of nitrogens with one attached hydrogen (secondary N) is 1. The Bertz CT molecular complexity index is 1150. The third kappa shape index (κ3) is 5.69. The summed E-state index contributed by atoms with van der Waals surface area (Å²) in [5, 5.41) is 3.36. The third-order valence-corrected chi connectivity index (χ3v) is 7.72. The maximum Gasteiger partial charge on any atom is 0.246 e. The molecule has 1 amide bonds. The van der Waals surface area contributed by atoms with Gasteiger partial charge in [0.1, 0.15) is 10.7 Å². The predicted molar refractivity (Wildman–Crippen MR) is 128 cm³/mol. The second-order valence-electron chi connectivity index (χ2n) is 7.29. The van der Waals surface area contributed by atoms with E-state index in [0.717, 1.165) is 34.4 Å². The fourth-order valence-corrected chi connectivity index (χ4v) is 4.94. The van der Waals surface area contributed by atoms with Gasteiger partial charge >= 0.3 is 0 Å². The summed E-state index contributed by atoms with van der Waals surface area (Å²) in [6.07, 6.45) is 2.86. The summed E-state index contributed by atoms with van der Waals surface area (Å²) in [7, 11) is -0.741. The Morgan fingerprint density at radius 1 is 1.16 bits per heavy atom. The second kappa shape index (κ2) is 10.5. The number of sulfonamides is 1. The first-order valence-corrected chi connectivity index (χ1v) is 12.1. The fraction of sp³-hybridized carbons (Fsp3) is 0.273. The molecule has 0 unspecified atom stereocenters. The summed E-state index contributed by atoms with van der Waals surface area (Å²) < 4.78 is 26.5. The van der Waals surface area contributed by atoms with Crippen LogP contribution in [0.1, 0.15) is 11.1 Å². The lowest BCUT2D eigenvalue weighted by Crippen LogP contribution is -2.28.